The Balaban J connectivity index is 1.53. The molecule has 0 N–H and O–H groups in total. The number of aryl methyl sites for hydroxylation is 1. The monoisotopic (exact) mass is 450 g/mol. The maximum Gasteiger partial charge on any atom is 0.195 e. The number of benzene rings is 4. The van der Waals surface area contributed by atoms with Crippen molar-refractivity contribution in [3.05, 3.63) is 95.6 Å². The van der Waals surface area contributed by atoms with Crippen molar-refractivity contribution in [1.29, 1.82) is 0 Å². The van der Waals surface area contributed by atoms with Gasteiger partial charge in [-0.2, -0.15) is 0 Å². The highest BCUT2D eigenvalue weighted by atomic mass is 19.2. The predicted octanol–water partition coefficient (Wildman–Crippen LogP) is 9.24. The van der Waals surface area contributed by atoms with Crippen LogP contribution in [0.3, 0.4) is 0 Å². The van der Waals surface area contributed by atoms with Gasteiger partial charge >= 0.3 is 0 Å². The summed E-state index contributed by atoms with van der Waals surface area (Å²) < 4.78 is 56.0. The molecule has 170 valence electrons. The fourth-order valence-electron chi connectivity index (χ4n) is 4.20. The zero-order valence-electron chi connectivity index (χ0n) is 18.6. The van der Waals surface area contributed by atoms with Crippen LogP contribution >= 0.6 is 0 Å². The molecule has 4 aromatic rings. The lowest BCUT2D eigenvalue weighted by atomic mass is 9.96. The molecule has 4 rings (SSSR count). The first-order chi connectivity index (χ1) is 16.0. The molecule has 0 aliphatic carbocycles. The van der Waals surface area contributed by atoms with Crippen LogP contribution < -0.4 is 0 Å². The Morgan fingerprint density at radius 1 is 0.576 bits per heavy atom. The molecule has 0 fully saturated rings. The molecule has 0 aliphatic heterocycles. The summed E-state index contributed by atoms with van der Waals surface area (Å²) in [4.78, 5) is 0. The lowest BCUT2D eigenvalue weighted by Gasteiger charge is -2.10. The highest BCUT2D eigenvalue weighted by Crippen LogP contribution is 2.32. The molecule has 0 radical (unpaired) electrons. The Morgan fingerprint density at radius 2 is 1.27 bits per heavy atom. The van der Waals surface area contributed by atoms with Crippen molar-refractivity contribution in [3.8, 4) is 22.3 Å². The van der Waals surface area contributed by atoms with Crippen molar-refractivity contribution < 1.29 is 17.6 Å². The van der Waals surface area contributed by atoms with E-state index in [4.69, 9.17) is 0 Å². The molecule has 4 aromatic carbocycles. The van der Waals surface area contributed by atoms with E-state index in [2.05, 4.69) is 19.1 Å². The van der Waals surface area contributed by atoms with E-state index in [9.17, 15) is 17.6 Å². The molecule has 0 heterocycles. The number of rotatable bonds is 8. The Labute approximate surface area is 191 Å². The van der Waals surface area contributed by atoms with Gasteiger partial charge in [-0.25, -0.2) is 17.6 Å². The molecule has 0 spiro atoms. The van der Waals surface area contributed by atoms with Crippen LogP contribution in [-0.2, 0) is 6.42 Å². The van der Waals surface area contributed by atoms with Crippen LogP contribution in [0, 0.1) is 23.3 Å². The van der Waals surface area contributed by atoms with E-state index >= 15 is 0 Å². The minimum atomic E-state index is -1.51. The molecule has 0 unspecified atom stereocenters. The fourth-order valence-corrected chi connectivity index (χ4v) is 4.20. The maximum atomic E-state index is 15.0. The van der Waals surface area contributed by atoms with E-state index < -0.39 is 23.3 Å². The smallest absolute Gasteiger partial charge is 0.195 e. The van der Waals surface area contributed by atoms with E-state index in [-0.39, 0.29) is 10.8 Å². The van der Waals surface area contributed by atoms with Crippen molar-refractivity contribution in [2.45, 2.75) is 45.4 Å². The van der Waals surface area contributed by atoms with Gasteiger partial charge < -0.3 is 0 Å². The predicted molar refractivity (Wildman–Crippen MR) is 127 cm³/mol. The van der Waals surface area contributed by atoms with Crippen LogP contribution in [-0.4, -0.2) is 0 Å². The van der Waals surface area contributed by atoms with Crippen LogP contribution in [0.5, 0.6) is 0 Å². The van der Waals surface area contributed by atoms with Crippen LogP contribution in [0.4, 0.5) is 17.6 Å². The van der Waals surface area contributed by atoms with Crippen LogP contribution in [0.25, 0.3) is 33.0 Å². The first kappa shape index (κ1) is 23.0. The summed E-state index contributed by atoms with van der Waals surface area (Å²) in [5.41, 5.74) is 3.74. The van der Waals surface area contributed by atoms with Gasteiger partial charge in [-0.05, 0) is 58.7 Å². The lowest BCUT2D eigenvalue weighted by Crippen LogP contribution is -1.93. The standard InChI is InChI=1S/C29H26F4/c1-2-3-4-5-6-7-19-8-10-20(11-9-19)21-12-14-24(26(30)17-21)22-13-15-25-23(16-22)18-27(31)29(33)28(25)32/h8-18H,2-7H2,1H3. The van der Waals surface area contributed by atoms with Gasteiger partial charge in [0.05, 0.1) is 0 Å². The first-order valence-corrected chi connectivity index (χ1v) is 11.4. The maximum absolute atomic E-state index is 15.0. The van der Waals surface area contributed by atoms with E-state index in [0.717, 1.165) is 23.6 Å². The van der Waals surface area contributed by atoms with E-state index in [0.29, 0.717) is 11.1 Å². The van der Waals surface area contributed by atoms with Gasteiger partial charge in [-0.3, -0.25) is 0 Å². The molecule has 4 heteroatoms. The summed E-state index contributed by atoms with van der Waals surface area (Å²) in [7, 11) is 0. The SMILES string of the molecule is CCCCCCCc1ccc(-c2ccc(-c3ccc4c(F)c(F)c(F)cc4c3)c(F)c2)cc1. The van der Waals surface area contributed by atoms with Crippen LogP contribution in [0.15, 0.2) is 66.7 Å². The summed E-state index contributed by atoms with van der Waals surface area (Å²) in [5.74, 6) is -4.45. The second-order valence-electron chi connectivity index (χ2n) is 8.48. The Morgan fingerprint density at radius 3 is 2.00 bits per heavy atom. The van der Waals surface area contributed by atoms with Gasteiger partial charge in [0.25, 0.3) is 0 Å². The van der Waals surface area contributed by atoms with Gasteiger partial charge in [-0.15, -0.1) is 0 Å². The third kappa shape index (κ3) is 5.11. The molecule has 0 nitrogen and oxygen atoms in total. The summed E-state index contributed by atoms with van der Waals surface area (Å²) in [6.45, 7) is 2.21. The summed E-state index contributed by atoms with van der Waals surface area (Å²) in [6.07, 6.45) is 7.26. The second-order valence-corrected chi connectivity index (χ2v) is 8.48. The van der Waals surface area contributed by atoms with Crippen LogP contribution in [0.1, 0.15) is 44.6 Å². The molecular formula is C29H26F4. The highest BCUT2D eigenvalue weighted by molar-refractivity contribution is 5.88. The van der Waals surface area contributed by atoms with E-state index in [1.807, 2.05) is 18.2 Å². The Kier molecular flexibility index (Phi) is 7.12. The zero-order valence-corrected chi connectivity index (χ0v) is 18.6. The topological polar surface area (TPSA) is 0 Å². The minimum Gasteiger partial charge on any atom is -0.206 e. The molecule has 33 heavy (non-hydrogen) atoms. The van der Waals surface area contributed by atoms with E-state index in [1.54, 1.807) is 6.07 Å². The number of hydrogen-bond donors (Lipinski definition) is 0. The fraction of sp³-hybridized carbons (Fsp3) is 0.241. The molecule has 0 saturated carbocycles. The largest absolute Gasteiger partial charge is 0.206 e. The van der Waals surface area contributed by atoms with Gasteiger partial charge in [0.2, 0.25) is 0 Å². The molecule has 0 saturated heterocycles. The van der Waals surface area contributed by atoms with Crippen molar-refractivity contribution in [2.24, 2.45) is 0 Å². The summed E-state index contributed by atoms with van der Waals surface area (Å²) >= 11 is 0. The Hall–Kier alpha value is -3.14. The molecule has 0 atom stereocenters. The summed E-state index contributed by atoms with van der Waals surface area (Å²) in [5, 5.41) is 0.137. The van der Waals surface area contributed by atoms with Crippen molar-refractivity contribution in [2.75, 3.05) is 0 Å². The molecule has 0 aromatic heterocycles. The van der Waals surface area contributed by atoms with Gasteiger partial charge in [0, 0.05) is 10.9 Å². The number of halogens is 4. The van der Waals surface area contributed by atoms with Crippen molar-refractivity contribution in [1.82, 2.24) is 0 Å². The normalized spacial score (nSPS) is 11.3. The van der Waals surface area contributed by atoms with Gasteiger partial charge in [-0.1, -0.05) is 81.1 Å². The average Bonchev–Trinajstić information content (AvgIpc) is 2.82. The zero-order chi connectivity index (χ0) is 23.4. The molecule has 0 aliphatic rings. The van der Waals surface area contributed by atoms with Crippen molar-refractivity contribution >= 4 is 10.8 Å². The quantitative estimate of drug-likeness (QED) is 0.143. The highest BCUT2D eigenvalue weighted by Gasteiger charge is 2.15. The summed E-state index contributed by atoms with van der Waals surface area (Å²) in [6, 6.07) is 18.4. The minimum absolute atomic E-state index is 0.0415. The van der Waals surface area contributed by atoms with E-state index in [1.165, 1.54) is 61.9 Å². The van der Waals surface area contributed by atoms with Crippen molar-refractivity contribution in [3.63, 3.8) is 0 Å². The van der Waals surface area contributed by atoms with Gasteiger partial charge in [0.1, 0.15) is 5.82 Å². The Bertz CT molecular complexity index is 1260. The number of unbranched alkanes of at least 4 members (excludes halogenated alkanes) is 4. The lowest BCUT2D eigenvalue weighted by molar-refractivity contribution is 0.453. The van der Waals surface area contributed by atoms with Gasteiger partial charge in [0.15, 0.2) is 17.5 Å². The molecular weight excluding hydrogens is 424 g/mol. The number of hydrogen-bond acceptors (Lipinski definition) is 0. The average molecular weight is 451 g/mol. The second kappa shape index (κ2) is 10.2. The van der Waals surface area contributed by atoms with Crippen LogP contribution in [0.2, 0.25) is 0 Å². The number of fused-ring (bicyclic) bond motifs is 1. The molecule has 0 bridgehead atoms. The third-order valence-electron chi connectivity index (χ3n) is 6.11. The third-order valence-corrected chi connectivity index (χ3v) is 6.11. The first-order valence-electron chi connectivity index (χ1n) is 11.4. The molecule has 0 amide bonds.